The van der Waals surface area contributed by atoms with Crippen LogP contribution in [0.4, 0.5) is 0 Å². The fraction of sp³-hybridized carbons (Fsp3) is 0.480. The Morgan fingerprint density at radius 1 is 1.29 bits per heavy atom. The summed E-state index contributed by atoms with van der Waals surface area (Å²) in [5.41, 5.74) is 1.02. The summed E-state index contributed by atoms with van der Waals surface area (Å²) >= 11 is 1.31. The second kappa shape index (κ2) is 12.5. The number of terminal acetylenes is 1. The molecule has 2 N–H and O–H groups in total. The number of nitrogens with one attached hydrogen (secondary N) is 1. The van der Waals surface area contributed by atoms with Crippen LogP contribution in [0.5, 0.6) is 0 Å². The van der Waals surface area contributed by atoms with E-state index in [0.717, 1.165) is 11.3 Å². The van der Waals surface area contributed by atoms with Crippen molar-refractivity contribution >= 4 is 23.2 Å². The first-order valence-corrected chi connectivity index (χ1v) is 12.4. The molecule has 2 atom stereocenters. The number of likely N-dealkylation sites (N-methyl/N-ethyl adjacent to an activating group) is 1. The summed E-state index contributed by atoms with van der Waals surface area (Å²) in [6, 6.07) is 8.13. The molecule has 0 fully saturated rings. The zero-order valence-corrected chi connectivity index (χ0v) is 20.8. The van der Waals surface area contributed by atoms with Crippen LogP contribution in [0, 0.1) is 12.3 Å². The van der Waals surface area contributed by atoms with Crippen molar-refractivity contribution in [2.24, 2.45) is 10.2 Å². The van der Waals surface area contributed by atoms with Gasteiger partial charge >= 0.3 is 0 Å². The maximum Gasteiger partial charge on any atom is 0.249 e. The van der Waals surface area contributed by atoms with Crippen molar-refractivity contribution in [2.45, 2.75) is 49.9 Å². The van der Waals surface area contributed by atoms with Gasteiger partial charge in [0.15, 0.2) is 11.7 Å². The van der Waals surface area contributed by atoms with Gasteiger partial charge in [0, 0.05) is 57.4 Å². The number of nitrogens with zero attached hydrogens (tertiary/aromatic N) is 4. The molecule has 1 aliphatic heterocycles. The van der Waals surface area contributed by atoms with Crippen molar-refractivity contribution in [2.75, 3.05) is 27.4 Å². The number of thiazole rings is 1. The predicted molar refractivity (Wildman–Crippen MR) is 133 cm³/mol. The fourth-order valence-electron chi connectivity index (χ4n) is 3.96. The predicted octanol–water partition coefficient (Wildman–Crippen LogP) is 3.18. The van der Waals surface area contributed by atoms with Gasteiger partial charge in [-0.3, -0.25) is 9.59 Å². The first-order valence-electron chi connectivity index (χ1n) is 11.5. The Labute approximate surface area is 209 Å². The van der Waals surface area contributed by atoms with Crippen LogP contribution in [-0.4, -0.2) is 65.9 Å². The van der Waals surface area contributed by atoms with E-state index in [2.05, 4.69) is 21.5 Å². The molecule has 0 spiro atoms. The minimum Gasteiger partial charge on any atom is -0.396 e. The normalized spacial score (nSPS) is 15.1. The molecule has 2 unspecified atom stereocenters. The van der Waals surface area contributed by atoms with E-state index in [1.807, 2.05) is 35.7 Å². The monoisotopic (exact) mass is 497 g/mol. The van der Waals surface area contributed by atoms with Crippen LogP contribution in [0.25, 0.3) is 11.3 Å². The van der Waals surface area contributed by atoms with Crippen LogP contribution in [0.3, 0.4) is 0 Å². The molecule has 9 nitrogen and oxygen atoms in total. The van der Waals surface area contributed by atoms with E-state index in [1.165, 1.54) is 30.4 Å². The minimum absolute atomic E-state index is 0.119. The summed E-state index contributed by atoms with van der Waals surface area (Å²) in [6.45, 7) is -0.00409. The third-order valence-corrected chi connectivity index (χ3v) is 6.79. The third kappa shape index (κ3) is 6.72. The van der Waals surface area contributed by atoms with Crippen LogP contribution in [0.1, 0.15) is 43.2 Å². The summed E-state index contributed by atoms with van der Waals surface area (Å²) in [5.74, 6) is 1.96. The number of aliphatic hydroxyl groups excluding tert-OH is 1. The lowest BCUT2D eigenvalue weighted by atomic mass is 10.0. The lowest BCUT2D eigenvalue weighted by molar-refractivity contribution is -0.145. The summed E-state index contributed by atoms with van der Waals surface area (Å²) in [5, 5.41) is 23.0. The van der Waals surface area contributed by atoms with Crippen molar-refractivity contribution in [3.63, 3.8) is 0 Å². The van der Waals surface area contributed by atoms with Gasteiger partial charge in [-0.05, 0) is 6.42 Å². The average molecular weight is 498 g/mol. The first kappa shape index (κ1) is 26.5. The Morgan fingerprint density at radius 2 is 2.03 bits per heavy atom. The van der Waals surface area contributed by atoms with Gasteiger partial charge in [-0.2, -0.15) is 10.2 Å². The van der Waals surface area contributed by atoms with Gasteiger partial charge in [-0.15, -0.1) is 23.7 Å². The molecule has 2 aromatic rings. The molecule has 3 rings (SSSR count). The van der Waals surface area contributed by atoms with E-state index in [1.54, 1.807) is 0 Å². The number of carbonyl (C=O) groups excluding carboxylic acids is 2. The van der Waals surface area contributed by atoms with Gasteiger partial charge in [0.05, 0.1) is 18.3 Å². The maximum absolute atomic E-state index is 13.7. The Bertz CT molecular complexity index is 1050. The Hall–Kier alpha value is -3.13. The van der Waals surface area contributed by atoms with Gasteiger partial charge in [0.2, 0.25) is 11.8 Å². The second-order valence-electron chi connectivity index (χ2n) is 8.26. The number of benzene rings is 1. The quantitative estimate of drug-likeness (QED) is 0.389. The van der Waals surface area contributed by atoms with Crippen LogP contribution in [0.2, 0.25) is 0 Å². The number of rotatable bonds is 14. The van der Waals surface area contributed by atoms with E-state index >= 15 is 0 Å². The largest absolute Gasteiger partial charge is 0.396 e. The zero-order valence-electron chi connectivity index (χ0n) is 20.0. The van der Waals surface area contributed by atoms with E-state index in [-0.39, 0.29) is 37.9 Å². The highest BCUT2D eigenvalue weighted by Gasteiger charge is 2.42. The van der Waals surface area contributed by atoms with Crippen molar-refractivity contribution in [3.05, 3.63) is 40.7 Å². The number of carbonyl (C=O) groups is 2. The lowest BCUT2D eigenvalue weighted by Gasteiger charge is -2.36. The molecular formula is C25H31N5O4S. The maximum atomic E-state index is 13.7. The topological polar surface area (TPSA) is 116 Å². The molecule has 0 radical (unpaired) electrons. The smallest absolute Gasteiger partial charge is 0.249 e. The third-order valence-electron chi connectivity index (χ3n) is 5.89. The van der Waals surface area contributed by atoms with Gasteiger partial charge in [-0.25, -0.2) is 4.98 Å². The molecule has 2 amide bonds. The highest BCUT2D eigenvalue weighted by atomic mass is 32.1. The molecule has 0 saturated carbocycles. The van der Waals surface area contributed by atoms with Crippen molar-refractivity contribution in [1.29, 1.82) is 0 Å². The number of aromatic nitrogens is 1. The number of hydrogen-bond acceptors (Lipinski definition) is 8. The molecule has 1 aromatic heterocycles. The molecule has 186 valence electrons. The van der Waals surface area contributed by atoms with Gasteiger partial charge < -0.3 is 20.1 Å². The minimum atomic E-state index is -0.976. The van der Waals surface area contributed by atoms with Gasteiger partial charge in [0.1, 0.15) is 5.01 Å². The molecule has 0 bridgehead atoms. The van der Waals surface area contributed by atoms with Crippen LogP contribution in [0.15, 0.2) is 45.9 Å². The van der Waals surface area contributed by atoms with Crippen molar-refractivity contribution in [1.82, 2.24) is 15.2 Å². The number of ether oxygens (including phenoxy) is 1. The van der Waals surface area contributed by atoms with E-state index in [4.69, 9.17) is 16.1 Å². The Morgan fingerprint density at radius 3 is 2.63 bits per heavy atom. The van der Waals surface area contributed by atoms with Crippen LogP contribution < -0.4 is 5.32 Å². The number of amides is 2. The second-order valence-corrected chi connectivity index (χ2v) is 9.15. The first-order chi connectivity index (χ1) is 17.0. The highest BCUT2D eigenvalue weighted by Crippen LogP contribution is 2.39. The molecule has 0 saturated heterocycles. The Kier molecular flexibility index (Phi) is 9.48. The highest BCUT2D eigenvalue weighted by molar-refractivity contribution is 7.10. The summed E-state index contributed by atoms with van der Waals surface area (Å²) < 4.78 is 5.36. The Balaban J connectivity index is 1.93. The molecular weight excluding hydrogens is 466 g/mol. The molecule has 2 heterocycles. The summed E-state index contributed by atoms with van der Waals surface area (Å²) in [7, 11) is 3.05. The van der Waals surface area contributed by atoms with E-state index in [0.29, 0.717) is 24.3 Å². The molecule has 0 aliphatic carbocycles. The molecule has 10 heteroatoms. The van der Waals surface area contributed by atoms with Crippen LogP contribution in [-0.2, 0) is 14.3 Å². The summed E-state index contributed by atoms with van der Waals surface area (Å²) in [4.78, 5) is 33.0. The van der Waals surface area contributed by atoms with E-state index < -0.39 is 17.7 Å². The SMILES string of the molecule is C#CCCC1(CCC(=O)N(C(CCO)COC)C(C(=O)NC)c2nc(-c3ccccc3)cs2)N=N1. The zero-order chi connectivity index (χ0) is 25.3. The number of hydrogen-bond donors (Lipinski definition) is 2. The van der Waals surface area contributed by atoms with E-state index in [9.17, 15) is 14.7 Å². The number of aliphatic hydroxyl groups is 1. The standard InChI is InChI=1S/C25H31N5O4S/c1-4-5-13-25(28-29-25)14-11-21(32)30(19(12-15-31)16-34-3)22(23(33)26-2)24-27-20(17-35-24)18-9-7-6-8-10-18/h1,6-10,17,19,22,31H,5,11-16H2,2-3H3,(H,26,33). The molecule has 1 aromatic carbocycles. The van der Waals surface area contributed by atoms with Crippen molar-refractivity contribution in [3.8, 4) is 23.6 Å². The average Bonchev–Trinajstić information content (AvgIpc) is 3.49. The van der Waals surface area contributed by atoms with Gasteiger partial charge in [-0.1, -0.05) is 30.3 Å². The van der Waals surface area contributed by atoms with Crippen molar-refractivity contribution < 1.29 is 19.4 Å². The fourth-order valence-corrected chi connectivity index (χ4v) is 4.88. The number of methoxy groups -OCH3 is 1. The molecule has 1 aliphatic rings. The van der Waals surface area contributed by atoms with Gasteiger partial charge in [0.25, 0.3) is 0 Å². The van der Waals surface area contributed by atoms with Crippen LogP contribution >= 0.6 is 11.3 Å². The summed E-state index contributed by atoms with van der Waals surface area (Å²) in [6.07, 6.45) is 7.25. The molecule has 35 heavy (non-hydrogen) atoms. The lowest BCUT2D eigenvalue weighted by Crippen LogP contribution is -2.50.